The van der Waals surface area contributed by atoms with Gasteiger partial charge in [-0.25, -0.2) is 9.37 Å². The van der Waals surface area contributed by atoms with Crippen LogP contribution in [0.4, 0.5) is 10.1 Å². The van der Waals surface area contributed by atoms with Crippen molar-refractivity contribution in [1.29, 1.82) is 0 Å². The summed E-state index contributed by atoms with van der Waals surface area (Å²) < 4.78 is 13.1. The van der Waals surface area contributed by atoms with Gasteiger partial charge < -0.3 is 5.32 Å². The molecule has 2 aromatic rings. The van der Waals surface area contributed by atoms with Crippen molar-refractivity contribution >= 4 is 11.6 Å². The molecular formula is C10H8FN5O3. The van der Waals surface area contributed by atoms with Crippen molar-refractivity contribution in [1.82, 2.24) is 20.5 Å². The van der Waals surface area contributed by atoms with E-state index in [4.69, 9.17) is 0 Å². The molecule has 0 bridgehead atoms. The van der Waals surface area contributed by atoms with Crippen LogP contribution in [0, 0.1) is 15.9 Å². The highest BCUT2D eigenvalue weighted by Crippen LogP contribution is 2.19. The molecular weight excluding hydrogens is 257 g/mol. The van der Waals surface area contributed by atoms with Crippen LogP contribution in [0.1, 0.15) is 16.2 Å². The number of nitrogens with one attached hydrogen (secondary N) is 2. The molecule has 1 heterocycles. The average Bonchev–Trinajstić information content (AvgIpc) is 2.88. The van der Waals surface area contributed by atoms with Crippen LogP contribution in [-0.4, -0.2) is 26.0 Å². The molecule has 98 valence electrons. The lowest BCUT2D eigenvalue weighted by Crippen LogP contribution is -2.24. The smallest absolute Gasteiger partial charge is 0.282 e. The highest BCUT2D eigenvalue weighted by molar-refractivity contribution is 5.98. The Morgan fingerprint density at radius 3 is 2.95 bits per heavy atom. The van der Waals surface area contributed by atoms with E-state index in [-0.39, 0.29) is 12.1 Å². The number of halogens is 1. The Morgan fingerprint density at radius 1 is 1.53 bits per heavy atom. The molecule has 0 aliphatic heterocycles. The van der Waals surface area contributed by atoms with Crippen LogP contribution in [-0.2, 0) is 6.54 Å². The molecule has 9 heteroatoms. The van der Waals surface area contributed by atoms with E-state index in [1.54, 1.807) is 0 Å². The Kier molecular flexibility index (Phi) is 3.46. The fourth-order valence-corrected chi connectivity index (χ4v) is 1.42. The summed E-state index contributed by atoms with van der Waals surface area (Å²) in [5, 5.41) is 19.2. The van der Waals surface area contributed by atoms with Gasteiger partial charge in [-0.15, -0.1) is 0 Å². The maximum atomic E-state index is 13.1. The largest absolute Gasteiger partial charge is 0.345 e. The Bertz CT molecular complexity index is 614. The number of aromatic amines is 1. The minimum Gasteiger partial charge on any atom is -0.345 e. The van der Waals surface area contributed by atoms with Crippen LogP contribution in [0.2, 0.25) is 0 Å². The standard InChI is InChI=1S/C10H8FN5O3/c11-6-1-2-8(16(18)19)7(3-6)10(17)12-4-9-13-5-14-15-9/h1-3,5H,4H2,(H,12,17)(H,13,14,15). The minimum atomic E-state index is -0.761. The molecule has 0 aliphatic rings. The molecule has 0 atom stereocenters. The lowest BCUT2D eigenvalue weighted by molar-refractivity contribution is -0.385. The summed E-state index contributed by atoms with van der Waals surface area (Å²) >= 11 is 0. The van der Waals surface area contributed by atoms with Gasteiger partial charge in [-0.3, -0.25) is 20.0 Å². The molecule has 0 aliphatic carbocycles. The van der Waals surface area contributed by atoms with Crippen molar-refractivity contribution in [2.45, 2.75) is 6.54 Å². The van der Waals surface area contributed by atoms with Gasteiger partial charge in [0.15, 0.2) is 0 Å². The minimum absolute atomic E-state index is 0.00645. The van der Waals surface area contributed by atoms with Gasteiger partial charge in [-0.2, -0.15) is 5.10 Å². The molecule has 0 radical (unpaired) electrons. The van der Waals surface area contributed by atoms with E-state index >= 15 is 0 Å². The first-order valence-electron chi connectivity index (χ1n) is 5.14. The Balaban J connectivity index is 2.18. The third-order valence-electron chi connectivity index (χ3n) is 2.28. The summed E-state index contributed by atoms with van der Waals surface area (Å²) in [4.78, 5) is 25.5. The summed E-state index contributed by atoms with van der Waals surface area (Å²) in [5.41, 5.74) is -0.805. The third-order valence-corrected chi connectivity index (χ3v) is 2.28. The Hall–Kier alpha value is -2.84. The third kappa shape index (κ3) is 2.89. The number of rotatable bonds is 4. The van der Waals surface area contributed by atoms with Crippen molar-refractivity contribution in [2.75, 3.05) is 0 Å². The highest BCUT2D eigenvalue weighted by Gasteiger charge is 2.20. The molecule has 0 unspecified atom stereocenters. The van der Waals surface area contributed by atoms with Crippen LogP contribution in [0.15, 0.2) is 24.5 Å². The van der Waals surface area contributed by atoms with E-state index in [9.17, 15) is 19.3 Å². The van der Waals surface area contributed by atoms with Crippen LogP contribution >= 0.6 is 0 Å². The normalized spacial score (nSPS) is 10.2. The van der Waals surface area contributed by atoms with Gasteiger partial charge >= 0.3 is 0 Å². The topological polar surface area (TPSA) is 114 Å². The maximum Gasteiger partial charge on any atom is 0.282 e. The van der Waals surface area contributed by atoms with Gasteiger partial charge in [0.2, 0.25) is 0 Å². The second-order valence-corrected chi connectivity index (χ2v) is 3.53. The molecule has 2 rings (SSSR count). The molecule has 0 saturated carbocycles. The number of nitrogens with zero attached hydrogens (tertiary/aromatic N) is 3. The number of hydrogen-bond acceptors (Lipinski definition) is 5. The van der Waals surface area contributed by atoms with Crippen LogP contribution in [0.25, 0.3) is 0 Å². The highest BCUT2D eigenvalue weighted by atomic mass is 19.1. The molecule has 0 saturated heterocycles. The van der Waals surface area contributed by atoms with E-state index in [2.05, 4.69) is 20.5 Å². The van der Waals surface area contributed by atoms with Crippen LogP contribution in [0.3, 0.4) is 0 Å². The number of nitro benzene ring substituents is 1. The molecule has 2 N–H and O–H groups in total. The number of amides is 1. The second-order valence-electron chi connectivity index (χ2n) is 3.53. The zero-order chi connectivity index (χ0) is 13.8. The van der Waals surface area contributed by atoms with Crippen molar-refractivity contribution in [2.24, 2.45) is 0 Å². The van der Waals surface area contributed by atoms with Crippen LogP contribution < -0.4 is 5.32 Å². The number of hydrogen-bond donors (Lipinski definition) is 2. The van der Waals surface area contributed by atoms with Gasteiger partial charge in [0.05, 0.1) is 11.5 Å². The van der Waals surface area contributed by atoms with Crippen molar-refractivity contribution in [3.8, 4) is 0 Å². The van der Waals surface area contributed by atoms with Crippen LogP contribution in [0.5, 0.6) is 0 Å². The Labute approximate surface area is 105 Å². The summed E-state index contributed by atoms with van der Waals surface area (Å²) in [6.07, 6.45) is 1.26. The van der Waals surface area contributed by atoms with Gasteiger partial charge in [-0.05, 0) is 12.1 Å². The van der Waals surface area contributed by atoms with Crippen molar-refractivity contribution in [3.63, 3.8) is 0 Å². The summed E-state index contributed by atoms with van der Waals surface area (Å²) in [6.45, 7) is 0.00645. The quantitative estimate of drug-likeness (QED) is 0.626. The maximum absolute atomic E-state index is 13.1. The zero-order valence-corrected chi connectivity index (χ0v) is 9.46. The van der Waals surface area contributed by atoms with Crippen molar-refractivity contribution in [3.05, 3.63) is 51.8 Å². The van der Waals surface area contributed by atoms with Gasteiger partial charge in [0.25, 0.3) is 11.6 Å². The molecule has 19 heavy (non-hydrogen) atoms. The number of H-pyrrole nitrogens is 1. The zero-order valence-electron chi connectivity index (χ0n) is 9.46. The lowest BCUT2D eigenvalue weighted by Gasteiger charge is -2.04. The fourth-order valence-electron chi connectivity index (χ4n) is 1.42. The monoisotopic (exact) mass is 265 g/mol. The molecule has 8 nitrogen and oxygen atoms in total. The van der Waals surface area contributed by atoms with Gasteiger partial charge in [0.1, 0.15) is 23.5 Å². The summed E-state index contributed by atoms with van der Waals surface area (Å²) in [7, 11) is 0. The van der Waals surface area contributed by atoms with E-state index < -0.39 is 22.3 Å². The SMILES string of the molecule is O=C(NCc1ncn[nH]1)c1cc(F)ccc1[N+](=O)[O-]. The number of carbonyl (C=O) groups excluding carboxylic acids is 1. The molecule has 1 amide bonds. The molecule has 1 aromatic carbocycles. The van der Waals surface area contributed by atoms with E-state index in [1.807, 2.05) is 0 Å². The fraction of sp³-hybridized carbons (Fsp3) is 0.100. The number of aromatic nitrogens is 3. The second kappa shape index (κ2) is 5.21. The summed E-state index contributed by atoms with van der Waals surface area (Å²) in [6, 6.07) is 2.68. The van der Waals surface area contributed by atoms with E-state index in [0.717, 1.165) is 18.2 Å². The molecule has 1 aromatic heterocycles. The van der Waals surface area contributed by atoms with E-state index in [1.165, 1.54) is 6.33 Å². The van der Waals surface area contributed by atoms with Gasteiger partial charge in [0, 0.05) is 6.07 Å². The molecule has 0 spiro atoms. The molecule has 0 fully saturated rings. The number of nitro groups is 1. The first-order chi connectivity index (χ1) is 9.08. The lowest BCUT2D eigenvalue weighted by atomic mass is 10.1. The first kappa shape index (κ1) is 12.6. The number of carbonyl (C=O) groups is 1. The average molecular weight is 265 g/mol. The predicted octanol–water partition coefficient (Wildman–Crippen LogP) is 0.782. The van der Waals surface area contributed by atoms with Crippen molar-refractivity contribution < 1.29 is 14.1 Å². The predicted molar refractivity (Wildman–Crippen MR) is 60.6 cm³/mol. The summed E-state index contributed by atoms with van der Waals surface area (Å²) in [5.74, 6) is -1.11. The van der Waals surface area contributed by atoms with E-state index in [0.29, 0.717) is 5.82 Å². The van der Waals surface area contributed by atoms with Gasteiger partial charge in [-0.1, -0.05) is 0 Å². The number of benzene rings is 1. The Morgan fingerprint density at radius 2 is 2.32 bits per heavy atom. The first-order valence-corrected chi connectivity index (χ1v) is 5.14.